The number of hydrogen-bond acceptors (Lipinski definition) is 3. The van der Waals surface area contributed by atoms with Gasteiger partial charge in [0.2, 0.25) is 0 Å². The number of Topliss-reactive ketones (excluding diaryl/α,β-unsaturated/α-hetero) is 1. The third kappa shape index (κ3) is 2.52. The number of aliphatic hydroxyl groups excluding tert-OH is 1. The number of benzene rings is 1. The summed E-state index contributed by atoms with van der Waals surface area (Å²) < 4.78 is 5.90. The Labute approximate surface area is 114 Å². The molecule has 0 fully saturated rings. The third-order valence-corrected chi connectivity index (χ3v) is 3.76. The second-order valence-corrected chi connectivity index (χ2v) is 6.26. The maximum Gasteiger partial charge on any atom is 0.175 e. The molecule has 3 heteroatoms. The molecule has 3 nitrogen and oxygen atoms in total. The van der Waals surface area contributed by atoms with Crippen LogP contribution in [0.5, 0.6) is 5.75 Å². The van der Waals surface area contributed by atoms with Crippen molar-refractivity contribution in [1.29, 1.82) is 0 Å². The van der Waals surface area contributed by atoms with Crippen molar-refractivity contribution >= 4 is 5.78 Å². The Bertz CT molecular complexity index is 473. The van der Waals surface area contributed by atoms with Gasteiger partial charge < -0.3 is 9.84 Å². The fourth-order valence-electron chi connectivity index (χ4n) is 2.58. The molecule has 0 radical (unpaired) electrons. The van der Waals surface area contributed by atoms with Crippen molar-refractivity contribution in [2.45, 2.75) is 46.3 Å². The minimum absolute atomic E-state index is 0.00359. The number of aliphatic hydroxyl groups is 1. The van der Waals surface area contributed by atoms with E-state index in [0.29, 0.717) is 17.7 Å². The van der Waals surface area contributed by atoms with Gasteiger partial charge in [-0.05, 0) is 24.0 Å². The molecule has 0 bridgehead atoms. The van der Waals surface area contributed by atoms with Crippen molar-refractivity contribution in [2.75, 3.05) is 0 Å². The topological polar surface area (TPSA) is 46.5 Å². The van der Waals surface area contributed by atoms with Crippen LogP contribution in [0.1, 0.15) is 44.5 Å². The van der Waals surface area contributed by atoms with Crippen molar-refractivity contribution < 1.29 is 14.6 Å². The van der Waals surface area contributed by atoms with E-state index in [0.717, 1.165) is 0 Å². The van der Waals surface area contributed by atoms with Crippen LogP contribution in [0.25, 0.3) is 0 Å². The van der Waals surface area contributed by atoms with Crippen LogP contribution < -0.4 is 4.74 Å². The zero-order valence-electron chi connectivity index (χ0n) is 12.0. The van der Waals surface area contributed by atoms with Crippen LogP contribution in [0, 0.1) is 11.3 Å². The van der Waals surface area contributed by atoms with Crippen LogP contribution in [0.3, 0.4) is 0 Å². The van der Waals surface area contributed by atoms with Crippen LogP contribution in [-0.2, 0) is 0 Å². The molecule has 0 aromatic heterocycles. The average Bonchev–Trinajstić information content (AvgIpc) is 2.36. The molecule has 0 amide bonds. The Kier molecular flexibility index (Phi) is 3.68. The average molecular weight is 262 g/mol. The molecule has 1 heterocycles. The van der Waals surface area contributed by atoms with E-state index in [4.69, 9.17) is 4.74 Å². The fourth-order valence-corrected chi connectivity index (χ4v) is 2.58. The van der Waals surface area contributed by atoms with Gasteiger partial charge in [0.05, 0.1) is 17.6 Å². The van der Waals surface area contributed by atoms with Gasteiger partial charge in [-0.15, -0.1) is 0 Å². The highest BCUT2D eigenvalue weighted by Crippen LogP contribution is 2.38. The van der Waals surface area contributed by atoms with E-state index in [1.54, 1.807) is 6.07 Å². The Hall–Kier alpha value is -1.35. The Balaban J connectivity index is 2.41. The summed E-state index contributed by atoms with van der Waals surface area (Å²) in [4.78, 5) is 12.6. The molecule has 2 rings (SSSR count). The summed E-state index contributed by atoms with van der Waals surface area (Å²) in [6.45, 7) is 7.81. The highest BCUT2D eigenvalue weighted by atomic mass is 16.5. The van der Waals surface area contributed by atoms with Crippen LogP contribution in [0.2, 0.25) is 0 Å². The van der Waals surface area contributed by atoms with Crippen LogP contribution in [-0.4, -0.2) is 23.1 Å². The maximum absolute atomic E-state index is 12.6. The molecule has 0 aliphatic carbocycles. The number of ketones is 1. The van der Waals surface area contributed by atoms with E-state index in [1.807, 2.05) is 45.9 Å². The molecule has 0 unspecified atom stereocenters. The first kappa shape index (κ1) is 14.1. The van der Waals surface area contributed by atoms with Gasteiger partial charge in [-0.25, -0.2) is 0 Å². The molecule has 19 heavy (non-hydrogen) atoms. The lowest BCUT2D eigenvalue weighted by Gasteiger charge is -2.39. The summed E-state index contributed by atoms with van der Waals surface area (Å²) in [6.07, 6.45) is -0.257. The van der Waals surface area contributed by atoms with Gasteiger partial charge in [-0.1, -0.05) is 39.8 Å². The predicted octanol–water partition coefficient (Wildman–Crippen LogP) is 3.06. The molecule has 0 saturated carbocycles. The molecule has 0 spiro atoms. The number of carbonyl (C=O) groups is 1. The number of para-hydroxylation sites is 1. The molecule has 0 saturated heterocycles. The minimum atomic E-state index is -0.710. The lowest BCUT2D eigenvalue weighted by atomic mass is 9.74. The first-order valence-electron chi connectivity index (χ1n) is 6.84. The van der Waals surface area contributed by atoms with E-state index in [2.05, 4.69) is 0 Å². The quantitative estimate of drug-likeness (QED) is 0.891. The molecule has 104 valence electrons. The first-order valence-corrected chi connectivity index (χ1v) is 6.84. The SMILES string of the molecule is CC[C@@H]1Oc2ccccc2C(=O)[C@H]1[C@@H](O)C(C)(C)C. The lowest BCUT2D eigenvalue weighted by molar-refractivity contribution is -0.0305. The Morgan fingerprint density at radius 2 is 1.95 bits per heavy atom. The highest BCUT2D eigenvalue weighted by molar-refractivity contribution is 6.02. The second-order valence-electron chi connectivity index (χ2n) is 6.26. The summed E-state index contributed by atoms with van der Waals surface area (Å²) in [7, 11) is 0. The minimum Gasteiger partial charge on any atom is -0.489 e. The Morgan fingerprint density at radius 3 is 2.53 bits per heavy atom. The number of hydrogen-bond donors (Lipinski definition) is 1. The summed E-state index contributed by atoms with van der Waals surface area (Å²) in [5.41, 5.74) is 0.240. The molecule has 1 aliphatic rings. The van der Waals surface area contributed by atoms with Crippen molar-refractivity contribution in [3.05, 3.63) is 29.8 Å². The number of ether oxygens (including phenoxy) is 1. The van der Waals surface area contributed by atoms with Gasteiger partial charge in [0, 0.05) is 0 Å². The van der Waals surface area contributed by atoms with Gasteiger partial charge in [0.25, 0.3) is 0 Å². The first-order chi connectivity index (χ1) is 8.86. The Morgan fingerprint density at radius 1 is 1.32 bits per heavy atom. The molecular weight excluding hydrogens is 240 g/mol. The molecule has 1 aliphatic heterocycles. The largest absolute Gasteiger partial charge is 0.489 e. The maximum atomic E-state index is 12.6. The van der Waals surface area contributed by atoms with Gasteiger partial charge >= 0.3 is 0 Å². The van der Waals surface area contributed by atoms with E-state index >= 15 is 0 Å². The van der Waals surface area contributed by atoms with Crippen LogP contribution in [0.4, 0.5) is 0 Å². The second kappa shape index (κ2) is 4.97. The third-order valence-electron chi connectivity index (χ3n) is 3.76. The predicted molar refractivity (Wildman–Crippen MR) is 74.4 cm³/mol. The lowest BCUT2D eigenvalue weighted by Crippen LogP contribution is -2.49. The zero-order chi connectivity index (χ0) is 14.2. The van der Waals surface area contributed by atoms with E-state index in [1.165, 1.54) is 0 Å². The van der Waals surface area contributed by atoms with E-state index in [-0.39, 0.29) is 17.3 Å². The summed E-state index contributed by atoms with van der Waals surface area (Å²) in [5.74, 6) is 0.146. The summed E-state index contributed by atoms with van der Waals surface area (Å²) in [6, 6.07) is 7.27. The zero-order valence-corrected chi connectivity index (χ0v) is 12.0. The van der Waals surface area contributed by atoms with Crippen molar-refractivity contribution in [3.63, 3.8) is 0 Å². The monoisotopic (exact) mass is 262 g/mol. The van der Waals surface area contributed by atoms with Crippen LogP contribution in [0.15, 0.2) is 24.3 Å². The van der Waals surface area contributed by atoms with Gasteiger partial charge in [-0.2, -0.15) is 0 Å². The standard InChI is InChI=1S/C16H22O3/c1-5-11-13(15(18)16(2,3)4)14(17)10-8-6-7-9-12(10)19-11/h6-9,11,13,15,18H,5H2,1-4H3/t11-,13-,15+/m0/s1. The van der Waals surface area contributed by atoms with E-state index in [9.17, 15) is 9.90 Å². The van der Waals surface area contributed by atoms with Gasteiger partial charge in [0.1, 0.15) is 11.9 Å². The normalized spacial score (nSPS) is 24.6. The smallest absolute Gasteiger partial charge is 0.175 e. The van der Waals surface area contributed by atoms with E-state index < -0.39 is 12.0 Å². The van der Waals surface area contributed by atoms with Gasteiger partial charge in [-0.3, -0.25) is 4.79 Å². The molecule has 1 N–H and O–H groups in total. The molecule has 3 atom stereocenters. The van der Waals surface area contributed by atoms with Crippen LogP contribution >= 0.6 is 0 Å². The summed E-state index contributed by atoms with van der Waals surface area (Å²) in [5, 5.41) is 10.5. The van der Waals surface area contributed by atoms with Gasteiger partial charge in [0.15, 0.2) is 5.78 Å². The highest BCUT2D eigenvalue weighted by Gasteiger charge is 2.44. The van der Waals surface area contributed by atoms with Crippen molar-refractivity contribution in [2.24, 2.45) is 11.3 Å². The van der Waals surface area contributed by atoms with Crippen molar-refractivity contribution in [3.8, 4) is 5.75 Å². The number of rotatable bonds is 2. The number of fused-ring (bicyclic) bond motifs is 1. The molecule has 1 aromatic carbocycles. The van der Waals surface area contributed by atoms with Crippen molar-refractivity contribution in [1.82, 2.24) is 0 Å². The fraction of sp³-hybridized carbons (Fsp3) is 0.562. The summed E-state index contributed by atoms with van der Waals surface area (Å²) >= 11 is 0. The molecule has 1 aromatic rings. The molecular formula is C16H22O3. The number of carbonyl (C=O) groups excluding carboxylic acids is 1.